The van der Waals surface area contributed by atoms with Gasteiger partial charge in [0.1, 0.15) is 0 Å². The van der Waals surface area contributed by atoms with Crippen molar-refractivity contribution < 1.29 is 26.4 Å². The summed E-state index contributed by atoms with van der Waals surface area (Å²) in [6.07, 6.45) is -2.77. The number of alkyl halides is 3. The van der Waals surface area contributed by atoms with Gasteiger partial charge in [-0.05, 0) is 55.7 Å². The molecule has 0 spiro atoms. The van der Waals surface area contributed by atoms with E-state index in [1.54, 1.807) is 24.0 Å². The number of anilines is 1. The minimum Gasteiger partial charge on any atom is -0.339 e. The number of carbonyl (C=O) groups excluding carboxylic acids is 1. The number of rotatable bonds is 4. The molecule has 28 heavy (non-hydrogen) atoms. The molecule has 1 fully saturated rings. The lowest BCUT2D eigenvalue weighted by Gasteiger charge is -2.20. The molecule has 1 amide bonds. The first-order chi connectivity index (χ1) is 13.1. The van der Waals surface area contributed by atoms with Gasteiger partial charge in [-0.2, -0.15) is 13.2 Å². The Morgan fingerprint density at radius 2 is 1.64 bits per heavy atom. The summed E-state index contributed by atoms with van der Waals surface area (Å²) < 4.78 is 65.7. The van der Waals surface area contributed by atoms with Crippen molar-refractivity contribution in [3.8, 4) is 0 Å². The number of benzene rings is 2. The van der Waals surface area contributed by atoms with Gasteiger partial charge in [0.2, 0.25) is 0 Å². The number of hydrogen-bond acceptors (Lipinski definition) is 3. The summed E-state index contributed by atoms with van der Waals surface area (Å²) in [5.41, 5.74) is 0.0353. The van der Waals surface area contributed by atoms with Crippen molar-refractivity contribution in [3.63, 3.8) is 0 Å². The third kappa shape index (κ3) is 4.14. The Balaban J connectivity index is 1.92. The lowest BCUT2D eigenvalue weighted by atomic mass is 10.1. The van der Waals surface area contributed by atoms with E-state index in [0.29, 0.717) is 30.8 Å². The van der Waals surface area contributed by atoms with Crippen LogP contribution in [0.2, 0.25) is 0 Å². The molecule has 0 unspecified atom stereocenters. The van der Waals surface area contributed by atoms with E-state index >= 15 is 0 Å². The standard InChI is InChI=1S/C19H19F3N2O3S/c1-13-5-4-6-16(17(13)18(25)24-11-2-3-12-24)23-28(26,27)15-9-7-14(8-10-15)19(20,21)22/h4-10,23H,2-3,11-12H2,1H3. The van der Waals surface area contributed by atoms with Crippen molar-refractivity contribution in [2.75, 3.05) is 17.8 Å². The molecule has 1 aliphatic rings. The van der Waals surface area contributed by atoms with E-state index in [1.165, 1.54) is 6.07 Å². The van der Waals surface area contributed by atoms with Crippen LogP contribution in [0.15, 0.2) is 47.4 Å². The summed E-state index contributed by atoms with van der Waals surface area (Å²) >= 11 is 0. The van der Waals surface area contributed by atoms with Crippen LogP contribution in [0.3, 0.4) is 0 Å². The van der Waals surface area contributed by atoms with Gasteiger partial charge in [0.05, 0.1) is 21.7 Å². The summed E-state index contributed by atoms with van der Waals surface area (Å²) in [5.74, 6) is -0.263. The Morgan fingerprint density at radius 1 is 1.04 bits per heavy atom. The molecule has 150 valence electrons. The highest BCUT2D eigenvalue weighted by Crippen LogP contribution is 2.30. The van der Waals surface area contributed by atoms with Gasteiger partial charge in [-0.25, -0.2) is 8.42 Å². The van der Waals surface area contributed by atoms with E-state index in [-0.39, 0.29) is 22.1 Å². The van der Waals surface area contributed by atoms with Crippen molar-refractivity contribution in [2.45, 2.75) is 30.8 Å². The van der Waals surface area contributed by atoms with Gasteiger partial charge < -0.3 is 4.90 Å². The third-order valence-electron chi connectivity index (χ3n) is 4.62. The summed E-state index contributed by atoms with van der Waals surface area (Å²) in [6.45, 7) is 2.93. The van der Waals surface area contributed by atoms with Gasteiger partial charge >= 0.3 is 6.18 Å². The number of halogens is 3. The first-order valence-corrected chi connectivity index (χ1v) is 10.2. The Kier molecular flexibility index (Phi) is 5.38. The zero-order chi connectivity index (χ0) is 20.5. The molecule has 1 aliphatic heterocycles. The quantitative estimate of drug-likeness (QED) is 0.824. The molecule has 3 rings (SSSR count). The molecular formula is C19H19F3N2O3S. The fourth-order valence-electron chi connectivity index (χ4n) is 3.14. The van der Waals surface area contributed by atoms with Crippen LogP contribution in [-0.2, 0) is 16.2 Å². The van der Waals surface area contributed by atoms with Gasteiger partial charge in [0, 0.05) is 13.1 Å². The van der Waals surface area contributed by atoms with Crippen molar-refractivity contribution in [1.82, 2.24) is 4.90 Å². The normalized spacial score (nSPS) is 14.9. The zero-order valence-electron chi connectivity index (χ0n) is 15.1. The van der Waals surface area contributed by atoms with Crippen LogP contribution in [0.4, 0.5) is 18.9 Å². The second kappa shape index (κ2) is 7.46. The van der Waals surface area contributed by atoms with Crippen LogP contribution >= 0.6 is 0 Å². The summed E-state index contributed by atoms with van der Waals surface area (Å²) in [7, 11) is -4.16. The molecule has 0 saturated carbocycles. The topological polar surface area (TPSA) is 66.5 Å². The molecule has 0 aromatic heterocycles. The number of nitrogens with zero attached hydrogens (tertiary/aromatic N) is 1. The third-order valence-corrected chi connectivity index (χ3v) is 6.00. The maximum atomic E-state index is 12.8. The molecule has 5 nitrogen and oxygen atoms in total. The lowest BCUT2D eigenvalue weighted by molar-refractivity contribution is -0.137. The second-order valence-corrected chi connectivity index (χ2v) is 8.31. The Labute approximate surface area is 161 Å². The minimum absolute atomic E-state index is 0.108. The highest BCUT2D eigenvalue weighted by molar-refractivity contribution is 7.92. The molecule has 0 bridgehead atoms. The number of aryl methyl sites for hydroxylation is 1. The summed E-state index contributed by atoms with van der Waals surface area (Å²) in [4.78, 5) is 14.2. The van der Waals surface area contributed by atoms with Gasteiger partial charge in [0.15, 0.2) is 0 Å². The van der Waals surface area contributed by atoms with E-state index in [2.05, 4.69) is 4.72 Å². The van der Waals surface area contributed by atoms with Gasteiger partial charge in [-0.15, -0.1) is 0 Å². The van der Waals surface area contributed by atoms with Gasteiger partial charge in [-0.3, -0.25) is 9.52 Å². The largest absolute Gasteiger partial charge is 0.416 e. The first-order valence-electron chi connectivity index (χ1n) is 8.68. The van der Waals surface area contributed by atoms with E-state index in [1.807, 2.05) is 0 Å². The predicted octanol–water partition coefficient (Wildman–Crippen LogP) is 4.05. The number of sulfonamides is 1. The summed E-state index contributed by atoms with van der Waals surface area (Å²) in [6, 6.07) is 7.99. The van der Waals surface area contributed by atoms with Crippen molar-refractivity contribution in [3.05, 3.63) is 59.2 Å². The molecule has 9 heteroatoms. The molecular weight excluding hydrogens is 393 g/mol. The van der Waals surface area contributed by atoms with Crippen LogP contribution in [0, 0.1) is 6.92 Å². The zero-order valence-corrected chi connectivity index (χ0v) is 15.9. The Morgan fingerprint density at radius 3 is 2.21 bits per heavy atom. The SMILES string of the molecule is Cc1cccc(NS(=O)(=O)c2ccc(C(F)(F)F)cc2)c1C(=O)N1CCCC1. The fourth-order valence-corrected chi connectivity index (χ4v) is 4.21. The van der Waals surface area contributed by atoms with E-state index < -0.39 is 21.8 Å². The van der Waals surface area contributed by atoms with Crippen LogP contribution in [-0.4, -0.2) is 32.3 Å². The second-order valence-electron chi connectivity index (χ2n) is 6.62. The molecule has 2 aromatic carbocycles. The number of likely N-dealkylation sites (tertiary alicyclic amines) is 1. The highest BCUT2D eigenvalue weighted by Gasteiger charge is 2.31. The Hall–Kier alpha value is -2.55. The average Bonchev–Trinajstić information content (AvgIpc) is 3.15. The highest BCUT2D eigenvalue weighted by atomic mass is 32.2. The van der Waals surface area contributed by atoms with Crippen LogP contribution in [0.5, 0.6) is 0 Å². The van der Waals surface area contributed by atoms with E-state index in [0.717, 1.165) is 25.0 Å². The van der Waals surface area contributed by atoms with Crippen LogP contribution in [0.1, 0.15) is 34.3 Å². The van der Waals surface area contributed by atoms with Crippen LogP contribution < -0.4 is 4.72 Å². The predicted molar refractivity (Wildman–Crippen MR) is 98.6 cm³/mol. The average molecular weight is 412 g/mol. The number of hydrogen-bond donors (Lipinski definition) is 1. The molecule has 0 radical (unpaired) electrons. The first kappa shape index (κ1) is 20.2. The molecule has 0 aliphatic carbocycles. The van der Waals surface area contributed by atoms with E-state index in [4.69, 9.17) is 0 Å². The monoisotopic (exact) mass is 412 g/mol. The smallest absolute Gasteiger partial charge is 0.339 e. The molecule has 1 saturated heterocycles. The summed E-state index contributed by atoms with van der Waals surface area (Å²) in [5, 5.41) is 0. The number of amides is 1. The maximum absolute atomic E-state index is 12.8. The number of carbonyl (C=O) groups is 1. The van der Waals surface area contributed by atoms with Crippen molar-refractivity contribution in [1.29, 1.82) is 0 Å². The lowest BCUT2D eigenvalue weighted by Crippen LogP contribution is -2.29. The van der Waals surface area contributed by atoms with Gasteiger partial charge in [-0.1, -0.05) is 12.1 Å². The van der Waals surface area contributed by atoms with Crippen LogP contribution in [0.25, 0.3) is 0 Å². The number of nitrogens with one attached hydrogen (secondary N) is 1. The molecule has 0 atom stereocenters. The Bertz CT molecular complexity index is 980. The van der Waals surface area contributed by atoms with E-state index in [9.17, 15) is 26.4 Å². The molecule has 1 heterocycles. The minimum atomic E-state index is -4.55. The maximum Gasteiger partial charge on any atom is 0.416 e. The fraction of sp³-hybridized carbons (Fsp3) is 0.316. The molecule has 2 aromatic rings. The molecule has 1 N–H and O–H groups in total. The van der Waals surface area contributed by atoms with Crippen molar-refractivity contribution >= 4 is 21.6 Å². The van der Waals surface area contributed by atoms with Crippen molar-refractivity contribution in [2.24, 2.45) is 0 Å². The van der Waals surface area contributed by atoms with Gasteiger partial charge in [0.25, 0.3) is 15.9 Å².